The van der Waals surface area contributed by atoms with Crippen molar-refractivity contribution in [3.63, 3.8) is 0 Å². The number of carbonyl (C=O) groups is 2. The molecule has 4 aliphatic rings. The first kappa shape index (κ1) is 19.2. The summed E-state index contributed by atoms with van der Waals surface area (Å²) in [6.07, 6.45) is 8.77. The number of rotatable bonds is 2. The van der Waals surface area contributed by atoms with Gasteiger partial charge in [-0.2, -0.15) is 0 Å². The molecule has 4 nitrogen and oxygen atoms in total. The molecular formula is C23H34O4. The van der Waals surface area contributed by atoms with Crippen LogP contribution < -0.4 is 0 Å². The molecule has 0 aromatic carbocycles. The minimum Gasteiger partial charge on any atom is -0.463 e. The van der Waals surface area contributed by atoms with Crippen LogP contribution in [0.25, 0.3) is 0 Å². The van der Waals surface area contributed by atoms with Gasteiger partial charge in [-0.15, -0.1) is 0 Å². The highest BCUT2D eigenvalue weighted by Gasteiger charge is 2.61. The van der Waals surface area contributed by atoms with Crippen LogP contribution in [0.1, 0.15) is 72.1 Å². The monoisotopic (exact) mass is 374 g/mol. The van der Waals surface area contributed by atoms with E-state index in [0.29, 0.717) is 30.1 Å². The van der Waals surface area contributed by atoms with E-state index in [2.05, 4.69) is 13.8 Å². The van der Waals surface area contributed by atoms with E-state index in [0.717, 1.165) is 56.9 Å². The van der Waals surface area contributed by atoms with Gasteiger partial charge in [-0.1, -0.05) is 19.4 Å². The maximum atomic E-state index is 12.5. The third-order valence-electron chi connectivity index (χ3n) is 8.89. The highest BCUT2D eigenvalue weighted by Crippen LogP contribution is 2.65. The summed E-state index contributed by atoms with van der Waals surface area (Å²) in [6.45, 7) is 6.78. The van der Waals surface area contributed by atoms with Crippen molar-refractivity contribution in [1.82, 2.24) is 0 Å². The number of aliphatic hydroxyl groups excluding tert-OH is 1. The van der Waals surface area contributed by atoms with Crippen LogP contribution in [0.15, 0.2) is 11.6 Å². The fourth-order valence-corrected chi connectivity index (χ4v) is 7.40. The summed E-state index contributed by atoms with van der Waals surface area (Å²) in [5.74, 6) is 1.94. The quantitative estimate of drug-likeness (QED) is 0.585. The number of esters is 1. The van der Waals surface area contributed by atoms with Gasteiger partial charge in [-0.25, -0.2) is 4.79 Å². The Bertz CT molecular complexity index is 667. The number of hydrogen-bond acceptors (Lipinski definition) is 4. The molecule has 0 bridgehead atoms. The molecule has 4 rings (SSSR count). The lowest BCUT2D eigenvalue weighted by molar-refractivity contribution is -0.155. The van der Waals surface area contributed by atoms with Crippen LogP contribution in [0.3, 0.4) is 0 Å². The van der Waals surface area contributed by atoms with Crippen molar-refractivity contribution in [2.75, 3.05) is 6.61 Å². The van der Waals surface area contributed by atoms with Gasteiger partial charge < -0.3 is 9.84 Å². The highest BCUT2D eigenvalue weighted by molar-refractivity contribution is 5.87. The minimum atomic E-state index is -0.333. The number of fused-ring (bicyclic) bond motifs is 5. The molecule has 4 saturated carbocycles. The molecule has 0 radical (unpaired) electrons. The van der Waals surface area contributed by atoms with Gasteiger partial charge >= 0.3 is 5.97 Å². The lowest BCUT2D eigenvalue weighted by Gasteiger charge is -2.61. The first-order valence-corrected chi connectivity index (χ1v) is 10.9. The van der Waals surface area contributed by atoms with Gasteiger partial charge in [0.25, 0.3) is 0 Å². The molecule has 4 heteroatoms. The second-order valence-electron chi connectivity index (χ2n) is 9.97. The summed E-state index contributed by atoms with van der Waals surface area (Å²) in [6, 6.07) is 0. The number of hydrogen-bond donors (Lipinski definition) is 1. The van der Waals surface area contributed by atoms with Gasteiger partial charge in [0.2, 0.25) is 0 Å². The Morgan fingerprint density at radius 2 is 1.96 bits per heavy atom. The third kappa shape index (κ3) is 2.90. The van der Waals surface area contributed by atoms with Crippen LogP contribution in [0.5, 0.6) is 0 Å². The van der Waals surface area contributed by atoms with Crippen molar-refractivity contribution in [2.45, 2.75) is 78.2 Å². The molecule has 0 aromatic heterocycles. The number of allylic oxidation sites excluding steroid dienone is 1. The van der Waals surface area contributed by atoms with E-state index in [4.69, 9.17) is 4.74 Å². The smallest absolute Gasteiger partial charge is 0.330 e. The Kier molecular flexibility index (Phi) is 4.77. The molecule has 0 spiro atoms. The van der Waals surface area contributed by atoms with E-state index in [1.807, 2.05) is 6.92 Å². The first-order chi connectivity index (χ1) is 12.8. The summed E-state index contributed by atoms with van der Waals surface area (Å²) in [7, 11) is 0. The number of carbonyl (C=O) groups excluding carboxylic acids is 2. The van der Waals surface area contributed by atoms with Gasteiger partial charge in [0.05, 0.1) is 12.7 Å². The van der Waals surface area contributed by atoms with Crippen molar-refractivity contribution in [3.8, 4) is 0 Å². The Morgan fingerprint density at radius 1 is 1.19 bits per heavy atom. The largest absolute Gasteiger partial charge is 0.463 e. The third-order valence-corrected chi connectivity index (χ3v) is 8.89. The van der Waals surface area contributed by atoms with E-state index in [-0.39, 0.29) is 28.8 Å². The van der Waals surface area contributed by atoms with E-state index in [1.54, 1.807) is 6.08 Å². The Hall–Kier alpha value is -1.16. The summed E-state index contributed by atoms with van der Waals surface area (Å²) >= 11 is 0. The van der Waals surface area contributed by atoms with Crippen LogP contribution in [0.4, 0.5) is 0 Å². The van der Waals surface area contributed by atoms with Crippen molar-refractivity contribution in [3.05, 3.63) is 11.6 Å². The number of ketones is 1. The zero-order chi connectivity index (χ0) is 19.4. The Morgan fingerprint density at radius 3 is 2.70 bits per heavy atom. The number of aliphatic hydroxyl groups is 1. The normalized spacial score (nSPS) is 47.9. The molecule has 1 N–H and O–H groups in total. The van der Waals surface area contributed by atoms with Crippen LogP contribution in [0.2, 0.25) is 0 Å². The van der Waals surface area contributed by atoms with Crippen LogP contribution in [-0.2, 0) is 14.3 Å². The maximum absolute atomic E-state index is 12.5. The van der Waals surface area contributed by atoms with E-state index < -0.39 is 0 Å². The van der Waals surface area contributed by atoms with E-state index in [1.165, 1.54) is 0 Å². The fraction of sp³-hybridized carbons (Fsp3) is 0.826. The van der Waals surface area contributed by atoms with Gasteiger partial charge in [-0.3, -0.25) is 4.79 Å². The van der Waals surface area contributed by atoms with Gasteiger partial charge in [-0.05, 0) is 81.0 Å². The molecule has 0 saturated heterocycles. The topological polar surface area (TPSA) is 63.6 Å². The SMILES string of the molecule is CCOC(=O)/C=C1\CC[C@]2(C)C3CC[C@]4(C)C(=O)CCC4C3C[C@H](O)C2C1. The minimum absolute atomic E-state index is 0.112. The number of ether oxygens (including phenoxy) is 1. The first-order valence-electron chi connectivity index (χ1n) is 10.9. The molecule has 27 heavy (non-hydrogen) atoms. The molecule has 150 valence electrons. The predicted octanol–water partition coefficient (Wildman–Crippen LogP) is 4.06. The summed E-state index contributed by atoms with van der Waals surface area (Å²) in [5, 5.41) is 11.1. The van der Waals surface area contributed by atoms with Crippen LogP contribution >= 0.6 is 0 Å². The lowest BCUT2D eigenvalue weighted by atomic mass is 9.44. The zero-order valence-corrected chi connectivity index (χ0v) is 17.0. The van der Waals surface area contributed by atoms with Gasteiger partial charge in [0, 0.05) is 17.9 Å². The zero-order valence-electron chi connectivity index (χ0n) is 17.0. The summed E-state index contributed by atoms with van der Waals surface area (Å²) < 4.78 is 5.08. The van der Waals surface area contributed by atoms with Crippen molar-refractivity contribution in [1.29, 1.82) is 0 Å². The fourth-order valence-electron chi connectivity index (χ4n) is 7.40. The second-order valence-corrected chi connectivity index (χ2v) is 9.97. The Balaban J connectivity index is 1.57. The molecular weight excluding hydrogens is 340 g/mol. The second kappa shape index (κ2) is 6.72. The molecule has 7 atom stereocenters. The number of Topliss-reactive ketones (excluding diaryl/α,β-unsaturated/α-hetero) is 1. The summed E-state index contributed by atoms with van der Waals surface area (Å²) in [5.41, 5.74) is 1.10. The van der Waals surface area contributed by atoms with Crippen LogP contribution in [-0.4, -0.2) is 29.6 Å². The maximum Gasteiger partial charge on any atom is 0.330 e. The standard InChI is InChI=1S/C23H34O4/c1-4-27-21(26)12-14-7-9-22(2)17-8-10-23(3)16(5-6-20(23)25)15(17)13-19(24)18(22)11-14/h12,15-19,24H,4-11,13H2,1-3H3/b14-12+/t15?,16?,17?,18?,19-,22+,23-/m0/s1. The van der Waals surface area contributed by atoms with Crippen LogP contribution in [0, 0.1) is 34.5 Å². The van der Waals surface area contributed by atoms with Crippen molar-refractivity contribution < 1.29 is 19.4 Å². The Labute approximate surface area is 162 Å². The predicted molar refractivity (Wildman–Crippen MR) is 103 cm³/mol. The molecule has 0 heterocycles. The molecule has 4 aliphatic carbocycles. The molecule has 4 fully saturated rings. The van der Waals surface area contributed by atoms with E-state index >= 15 is 0 Å². The van der Waals surface area contributed by atoms with E-state index in [9.17, 15) is 14.7 Å². The average molecular weight is 375 g/mol. The molecule has 0 aliphatic heterocycles. The van der Waals surface area contributed by atoms with Crippen molar-refractivity contribution >= 4 is 11.8 Å². The molecule has 0 aromatic rings. The lowest BCUT2D eigenvalue weighted by Crippen LogP contribution is -2.57. The molecule has 0 amide bonds. The molecule has 4 unspecified atom stereocenters. The van der Waals surface area contributed by atoms with Gasteiger partial charge in [0.1, 0.15) is 5.78 Å². The highest BCUT2D eigenvalue weighted by atomic mass is 16.5. The van der Waals surface area contributed by atoms with Gasteiger partial charge in [0.15, 0.2) is 0 Å². The van der Waals surface area contributed by atoms with Crippen molar-refractivity contribution in [2.24, 2.45) is 34.5 Å². The summed E-state index contributed by atoms with van der Waals surface area (Å²) in [4.78, 5) is 24.4. The average Bonchev–Trinajstić information content (AvgIpc) is 2.92.